The molecule has 0 saturated heterocycles. The van der Waals surface area contributed by atoms with Gasteiger partial charge in [0, 0.05) is 11.7 Å². The molecule has 98 valence electrons. The van der Waals surface area contributed by atoms with E-state index in [0.29, 0.717) is 0 Å². The lowest BCUT2D eigenvalue weighted by Crippen LogP contribution is -1.86. The summed E-state index contributed by atoms with van der Waals surface area (Å²) in [5.74, 6) is 0. The van der Waals surface area contributed by atoms with E-state index in [1.807, 2.05) is 0 Å². The molecule has 0 fully saturated rings. The van der Waals surface area contributed by atoms with Crippen molar-refractivity contribution in [3.05, 3.63) is 77.7 Å². The van der Waals surface area contributed by atoms with Crippen LogP contribution in [0.4, 0.5) is 0 Å². The molecule has 1 heteroatoms. The van der Waals surface area contributed by atoms with Crippen molar-refractivity contribution in [1.82, 2.24) is 4.98 Å². The molecule has 0 aliphatic carbocycles. The zero-order valence-corrected chi connectivity index (χ0v) is 11.0. The summed E-state index contributed by atoms with van der Waals surface area (Å²) in [5.41, 5.74) is -0.419. The van der Waals surface area contributed by atoms with Crippen molar-refractivity contribution in [1.29, 1.82) is 0 Å². The molecular formula is C19H17N. The van der Waals surface area contributed by atoms with E-state index in [1.54, 1.807) is 0 Å². The van der Waals surface area contributed by atoms with Crippen molar-refractivity contribution < 1.29 is 13.7 Å². The van der Waals surface area contributed by atoms with Crippen molar-refractivity contribution in [3.63, 3.8) is 0 Å². The van der Waals surface area contributed by atoms with Gasteiger partial charge in [0.15, 0.2) is 0 Å². The molecule has 3 rings (SSSR count). The van der Waals surface area contributed by atoms with Crippen molar-refractivity contribution in [3.8, 4) is 22.4 Å². The van der Waals surface area contributed by atoms with Gasteiger partial charge in [0.2, 0.25) is 0 Å². The number of nitrogens with zero attached hydrogens (tertiary/aromatic N) is 1. The summed E-state index contributed by atoms with van der Waals surface area (Å²) in [4.78, 5) is 3.93. The van der Waals surface area contributed by atoms with Gasteiger partial charge in [-0.3, -0.25) is 4.98 Å². The summed E-state index contributed by atoms with van der Waals surface area (Å²) in [7, 11) is 0. The van der Waals surface area contributed by atoms with E-state index in [2.05, 4.69) is 4.98 Å². The first-order valence-electron chi connectivity index (χ1n) is 11.0. The summed E-state index contributed by atoms with van der Waals surface area (Å²) in [6.45, 7) is 2.93. The minimum absolute atomic E-state index is 0.0237. The van der Waals surface area contributed by atoms with E-state index in [9.17, 15) is 0 Å². The van der Waals surface area contributed by atoms with Gasteiger partial charge in [-0.2, -0.15) is 0 Å². The fourth-order valence-electron chi connectivity index (χ4n) is 1.68. The number of pyridine rings is 1. The maximum absolute atomic E-state index is 8.59. The van der Waals surface area contributed by atoms with Crippen LogP contribution in [-0.4, -0.2) is 4.98 Å². The topological polar surface area (TPSA) is 12.9 Å². The second-order valence-corrected chi connectivity index (χ2v) is 4.27. The summed E-state index contributed by atoms with van der Waals surface area (Å²) in [5, 5.41) is 0. The highest BCUT2D eigenvalue weighted by atomic mass is 14.7. The van der Waals surface area contributed by atoms with Crippen molar-refractivity contribution >= 4 is 0 Å². The van der Waals surface area contributed by atoms with Crippen molar-refractivity contribution in [2.45, 2.75) is 13.8 Å². The van der Waals surface area contributed by atoms with Crippen molar-refractivity contribution in [2.24, 2.45) is 0 Å². The highest BCUT2D eigenvalue weighted by Crippen LogP contribution is 2.25. The first-order chi connectivity index (χ1) is 13.9. The molecule has 0 amide bonds. The Morgan fingerprint density at radius 3 is 2.40 bits per heavy atom. The van der Waals surface area contributed by atoms with Gasteiger partial charge in [-0.25, -0.2) is 0 Å². The van der Waals surface area contributed by atoms with Gasteiger partial charge >= 0.3 is 0 Å². The molecule has 1 heterocycles. The fraction of sp³-hybridized carbons (Fsp3) is 0.105. The first kappa shape index (κ1) is 5.53. The molecule has 0 N–H and O–H groups in total. The third kappa shape index (κ3) is 2.62. The van der Waals surface area contributed by atoms with Crippen LogP contribution in [0.2, 0.25) is 0 Å². The predicted molar refractivity (Wildman–Crippen MR) is 84.6 cm³/mol. The zero-order valence-electron chi connectivity index (χ0n) is 21.0. The van der Waals surface area contributed by atoms with Crippen LogP contribution >= 0.6 is 0 Å². The molecule has 0 unspecified atom stereocenters. The summed E-state index contributed by atoms with van der Waals surface area (Å²) >= 11 is 0. The lowest BCUT2D eigenvalue weighted by atomic mass is 10.0. The Morgan fingerprint density at radius 1 is 0.800 bits per heavy atom. The minimum atomic E-state index is -0.563. The first-order valence-corrected chi connectivity index (χ1v) is 6.02. The molecule has 1 aromatic heterocycles. The van der Waals surface area contributed by atoms with E-state index in [1.165, 1.54) is 19.9 Å². The van der Waals surface area contributed by atoms with E-state index in [0.717, 1.165) is 0 Å². The molecule has 1 nitrogen and oxygen atoms in total. The molecule has 0 atom stereocenters. The van der Waals surface area contributed by atoms with Crippen LogP contribution in [0.1, 0.15) is 24.8 Å². The Morgan fingerprint density at radius 2 is 1.60 bits per heavy atom. The van der Waals surface area contributed by atoms with E-state index >= 15 is 0 Å². The largest absolute Gasteiger partial charge is 0.256 e. The number of rotatable bonds is 2. The third-order valence-corrected chi connectivity index (χ3v) is 2.65. The van der Waals surface area contributed by atoms with E-state index < -0.39 is 30.3 Å². The normalized spacial score (nSPS) is 17.5. The molecule has 20 heavy (non-hydrogen) atoms. The maximum atomic E-state index is 8.59. The third-order valence-electron chi connectivity index (χ3n) is 2.65. The van der Waals surface area contributed by atoms with Gasteiger partial charge in [0.05, 0.1) is 19.4 Å². The number of aromatic nitrogens is 1. The molecule has 0 radical (unpaired) electrons. The molecule has 3 aromatic rings. The van der Waals surface area contributed by atoms with Gasteiger partial charge in [-0.15, -0.1) is 0 Å². The molecule has 2 aromatic carbocycles. The molecule has 0 spiro atoms. The summed E-state index contributed by atoms with van der Waals surface area (Å²) in [6.07, 6.45) is -0.563. The second-order valence-electron chi connectivity index (χ2n) is 4.27. The zero-order chi connectivity index (χ0) is 22.7. The second kappa shape index (κ2) is 5.30. The van der Waals surface area contributed by atoms with Crippen LogP contribution in [0.15, 0.2) is 66.6 Å². The van der Waals surface area contributed by atoms with Gasteiger partial charge in [0.1, 0.15) is 0 Å². The smallest absolute Gasteiger partial charge is 0.0840 e. The van der Waals surface area contributed by atoms with E-state index in [-0.39, 0.29) is 63.7 Å². The van der Waals surface area contributed by atoms with E-state index in [4.69, 9.17) is 13.7 Å². The molecule has 0 bridgehead atoms. The number of benzene rings is 2. The Hall–Kier alpha value is -2.41. The Kier molecular flexibility index (Phi) is 1.46. The van der Waals surface area contributed by atoms with Crippen molar-refractivity contribution in [2.75, 3.05) is 0 Å². The highest BCUT2D eigenvalue weighted by Gasteiger charge is 2.03. The van der Waals surface area contributed by atoms with Crippen LogP contribution in [0.25, 0.3) is 22.4 Å². The molecule has 0 aliphatic heterocycles. The van der Waals surface area contributed by atoms with Gasteiger partial charge in [-0.05, 0) is 43.1 Å². The number of hydrogen-bond donors (Lipinski definition) is 0. The Bertz CT molecular complexity index is 1190. The molecule has 0 saturated carbocycles. The average molecular weight is 269 g/mol. The molecular weight excluding hydrogens is 242 g/mol. The van der Waals surface area contributed by atoms with Gasteiger partial charge < -0.3 is 0 Å². The summed E-state index contributed by atoms with van der Waals surface area (Å²) < 4.78 is 81.5. The Balaban J connectivity index is 2.48. The highest BCUT2D eigenvalue weighted by molar-refractivity contribution is 5.70. The van der Waals surface area contributed by atoms with Crippen LogP contribution in [0.3, 0.4) is 0 Å². The lowest BCUT2D eigenvalue weighted by Gasteiger charge is -2.06. The summed E-state index contributed by atoms with van der Waals surface area (Å²) in [6, 6.07) is -1.74. The monoisotopic (exact) mass is 269 g/mol. The molecule has 0 aliphatic rings. The van der Waals surface area contributed by atoms with Crippen LogP contribution in [0, 0.1) is 13.8 Å². The van der Waals surface area contributed by atoms with Gasteiger partial charge in [-0.1, -0.05) is 53.4 Å². The van der Waals surface area contributed by atoms with Crippen LogP contribution < -0.4 is 0 Å². The lowest BCUT2D eigenvalue weighted by molar-refractivity contribution is 1.32. The van der Waals surface area contributed by atoms with Gasteiger partial charge in [0.25, 0.3) is 0 Å². The maximum Gasteiger partial charge on any atom is 0.0840 e. The SMILES string of the molecule is [2H]c1cc(-c2nc([2H])c([2H])c(-c3c([2H])c([2H])c(C)c([2H])c3[2H])c2[2H])c([2H])c(C)c1[2H]. The minimum Gasteiger partial charge on any atom is -0.256 e. The average Bonchev–Trinajstić information content (AvgIpc) is 2.71. The quantitative estimate of drug-likeness (QED) is 0.635. The van der Waals surface area contributed by atoms with Crippen LogP contribution in [0.5, 0.6) is 0 Å². The fourth-order valence-corrected chi connectivity index (χ4v) is 1.68. The standard InChI is InChI=1S/C19H17N/c1-14-6-8-16(9-7-14)17-10-11-20-19(13-17)18-5-3-4-15(2)12-18/h3-13H,1-2H3/i3D,4D,6D,7D,8D,9D,10D,11D,12D,13D. The Labute approximate surface area is 134 Å². The van der Waals surface area contributed by atoms with Crippen LogP contribution in [-0.2, 0) is 0 Å². The predicted octanol–water partition coefficient (Wildman–Crippen LogP) is 5.03. The number of hydrogen-bond acceptors (Lipinski definition) is 1.